The largest absolute Gasteiger partial charge is 0.477 e. The number of amidine groups is 1. The van der Waals surface area contributed by atoms with Gasteiger partial charge in [-0.15, -0.1) is 0 Å². The highest BCUT2D eigenvalue weighted by Gasteiger charge is 2.35. The van der Waals surface area contributed by atoms with Crippen molar-refractivity contribution >= 4 is 21.0 Å². The summed E-state index contributed by atoms with van der Waals surface area (Å²) in [7, 11) is -3.89. The fraction of sp³-hybridized carbons (Fsp3) is 0.333. The third-order valence-electron chi connectivity index (χ3n) is 1.38. The molecule has 0 spiro atoms. The highest BCUT2D eigenvalue weighted by atomic mass is 32.2. The second-order valence-electron chi connectivity index (χ2n) is 2.24. The van der Waals surface area contributed by atoms with Crippen molar-refractivity contribution < 1.29 is 18.3 Å². The highest BCUT2D eigenvalue weighted by Crippen LogP contribution is 2.13. The number of aliphatic imine (C=N–C) groups is 1. The monoisotopic (exact) mass is 204 g/mol. The van der Waals surface area contributed by atoms with Gasteiger partial charge in [0.2, 0.25) is 15.0 Å². The number of rotatable bonds is 2. The van der Waals surface area contributed by atoms with Crippen LogP contribution in [0.3, 0.4) is 0 Å². The first-order valence-corrected chi connectivity index (χ1v) is 4.98. The van der Waals surface area contributed by atoms with Crippen LogP contribution in [0.1, 0.15) is 6.92 Å². The Hall–Kier alpha value is -1.37. The van der Waals surface area contributed by atoms with Crippen LogP contribution in [-0.4, -0.2) is 31.2 Å². The fourth-order valence-corrected chi connectivity index (χ4v) is 2.00. The second kappa shape index (κ2) is 3.17. The van der Waals surface area contributed by atoms with E-state index in [1.54, 1.807) is 6.92 Å². The Morgan fingerprint density at radius 1 is 1.69 bits per heavy atom. The van der Waals surface area contributed by atoms with Crippen molar-refractivity contribution in [3.05, 3.63) is 11.1 Å². The van der Waals surface area contributed by atoms with Gasteiger partial charge in [-0.05, 0) is 6.92 Å². The molecule has 0 amide bonds. The first kappa shape index (κ1) is 9.72. The number of carboxylic acid groups (broad SMARTS) is 1. The van der Waals surface area contributed by atoms with Gasteiger partial charge in [0.25, 0.3) is 0 Å². The van der Waals surface area contributed by atoms with E-state index in [1.807, 2.05) is 0 Å². The van der Waals surface area contributed by atoms with E-state index in [0.717, 1.165) is 6.20 Å². The minimum atomic E-state index is -3.89. The molecule has 1 heterocycles. The van der Waals surface area contributed by atoms with Gasteiger partial charge in [-0.1, -0.05) is 0 Å². The zero-order chi connectivity index (χ0) is 10.1. The molecule has 2 N–H and O–H groups in total. The van der Waals surface area contributed by atoms with E-state index in [4.69, 9.17) is 5.11 Å². The summed E-state index contributed by atoms with van der Waals surface area (Å²) in [6.07, 6.45) is 0.923. The van der Waals surface area contributed by atoms with Crippen molar-refractivity contribution in [2.75, 3.05) is 6.54 Å². The van der Waals surface area contributed by atoms with Crippen molar-refractivity contribution in [2.45, 2.75) is 6.92 Å². The smallest absolute Gasteiger partial charge is 0.349 e. The lowest BCUT2D eigenvalue weighted by molar-refractivity contribution is -0.131. The van der Waals surface area contributed by atoms with Crippen LogP contribution in [-0.2, 0) is 14.6 Å². The zero-order valence-electron chi connectivity index (χ0n) is 6.81. The molecule has 72 valence electrons. The van der Waals surface area contributed by atoms with Crippen molar-refractivity contribution in [3.8, 4) is 0 Å². The molecule has 0 aromatic carbocycles. The summed E-state index contributed by atoms with van der Waals surface area (Å²) < 4.78 is 22.6. The third-order valence-corrected chi connectivity index (χ3v) is 3.01. The molecule has 0 unspecified atom stereocenters. The Bertz CT molecular complexity index is 393. The predicted molar refractivity (Wildman–Crippen MR) is 45.8 cm³/mol. The number of aliphatic carboxylic acids is 1. The summed E-state index contributed by atoms with van der Waals surface area (Å²) in [6.45, 7) is 1.94. The molecule has 0 fully saturated rings. The molecule has 0 bridgehead atoms. The second-order valence-corrected chi connectivity index (χ2v) is 4.07. The molecule has 6 nitrogen and oxygen atoms in total. The van der Waals surface area contributed by atoms with Gasteiger partial charge in [0.1, 0.15) is 0 Å². The maximum Gasteiger partial charge on any atom is 0.349 e. The minimum Gasteiger partial charge on any atom is -0.477 e. The molecule has 1 rings (SSSR count). The fourth-order valence-electron chi connectivity index (χ4n) is 0.837. The average molecular weight is 204 g/mol. The normalized spacial score (nSPS) is 22.5. The lowest BCUT2D eigenvalue weighted by Crippen LogP contribution is -2.22. The van der Waals surface area contributed by atoms with Gasteiger partial charge >= 0.3 is 5.97 Å². The van der Waals surface area contributed by atoms with Gasteiger partial charge in [-0.2, -0.15) is 0 Å². The van der Waals surface area contributed by atoms with E-state index in [-0.39, 0.29) is 11.7 Å². The summed E-state index contributed by atoms with van der Waals surface area (Å²) in [6, 6.07) is 0. The topological polar surface area (TPSA) is 95.8 Å². The molecule has 0 aromatic heterocycles. The maximum absolute atomic E-state index is 11.3. The van der Waals surface area contributed by atoms with Crippen molar-refractivity contribution in [1.29, 1.82) is 0 Å². The van der Waals surface area contributed by atoms with Gasteiger partial charge in [0.15, 0.2) is 4.91 Å². The van der Waals surface area contributed by atoms with E-state index in [1.165, 1.54) is 0 Å². The van der Waals surface area contributed by atoms with Gasteiger partial charge in [0.05, 0.1) is 0 Å². The molecule has 1 aliphatic rings. The van der Waals surface area contributed by atoms with Crippen LogP contribution in [0.4, 0.5) is 0 Å². The average Bonchev–Trinajstić information content (AvgIpc) is 2.28. The molecular weight excluding hydrogens is 196 g/mol. The Balaban J connectivity index is 3.14. The zero-order valence-corrected chi connectivity index (χ0v) is 7.63. The molecule has 0 saturated heterocycles. The number of sulfone groups is 1. The Morgan fingerprint density at radius 3 is 2.69 bits per heavy atom. The van der Waals surface area contributed by atoms with E-state index in [9.17, 15) is 13.2 Å². The Kier molecular flexibility index (Phi) is 2.37. The number of hydrogen-bond acceptors (Lipinski definition) is 4. The van der Waals surface area contributed by atoms with Crippen molar-refractivity contribution in [3.63, 3.8) is 0 Å². The van der Waals surface area contributed by atoms with E-state index in [2.05, 4.69) is 10.3 Å². The van der Waals surface area contributed by atoms with Crippen LogP contribution in [0.25, 0.3) is 0 Å². The molecule has 0 radical (unpaired) electrons. The number of carbonyl (C=O) groups is 1. The summed E-state index contributed by atoms with van der Waals surface area (Å²) in [5, 5.41) is 10.5. The van der Waals surface area contributed by atoms with Crippen LogP contribution in [0, 0.1) is 0 Å². The minimum absolute atomic E-state index is 0.280. The van der Waals surface area contributed by atoms with Gasteiger partial charge < -0.3 is 10.4 Å². The molecule has 0 atom stereocenters. The number of nitrogens with zero attached hydrogens (tertiary/aromatic N) is 1. The van der Waals surface area contributed by atoms with Crippen LogP contribution in [0.15, 0.2) is 16.1 Å². The quantitative estimate of drug-likeness (QED) is 0.620. The predicted octanol–water partition coefficient (Wildman–Crippen LogP) is -0.694. The van der Waals surface area contributed by atoms with E-state index >= 15 is 0 Å². The number of nitrogens with one attached hydrogen (secondary N) is 1. The van der Waals surface area contributed by atoms with Crippen LogP contribution in [0.5, 0.6) is 0 Å². The third kappa shape index (κ3) is 1.55. The first-order valence-electron chi connectivity index (χ1n) is 3.49. The molecular formula is C6H8N2O4S. The molecule has 0 aliphatic carbocycles. The molecule has 1 aliphatic heterocycles. The van der Waals surface area contributed by atoms with Crippen molar-refractivity contribution in [1.82, 2.24) is 5.32 Å². The van der Waals surface area contributed by atoms with Crippen LogP contribution < -0.4 is 5.32 Å². The Morgan fingerprint density at radius 2 is 2.31 bits per heavy atom. The lowest BCUT2D eigenvalue weighted by atomic mass is 10.6. The van der Waals surface area contributed by atoms with E-state index < -0.39 is 20.7 Å². The molecule has 0 aromatic rings. The number of carboxylic acids is 1. The summed E-state index contributed by atoms with van der Waals surface area (Å²) in [4.78, 5) is 13.4. The number of hydrogen-bond donors (Lipinski definition) is 2. The molecule has 0 saturated carbocycles. The summed E-state index contributed by atoms with van der Waals surface area (Å²) in [5.74, 6) is -1.48. The first-order chi connectivity index (χ1) is 6.00. The lowest BCUT2D eigenvalue weighted by Gasteiger charge is -1.96. The van der Waals surface area contributed by atoms with Gasteiger partial charge in [-0.3, -0.25) is 4.99 Å². The molecule has 7 heteroatoms. The van der Waals surface area contributed by atoms with Crippen LogP contribution in [0.2, 0.25) is 0 Å². The SMILES string of the molecule is CCN=C1NC=C(C(=O)O)S1(=O)=O. The summed E-state index contributed by atoms with van der Waals surface area (Å²) >= 11 is 0. The van der Waals surface area contributed by atoms with E-state index in [0.29, 0.717) is 0 Å². The highest BCUT2D eigenvalue weighted by molar-refractivity contribution is 8.10. The van der Waals surface area contributed by atoms with Gasteiger partial charge in [0, 0.05) is 12.7 Å². The Labute approximate surface area is 74.9 Å². The van der Waals surface area contributed by atoms with Crippen molar-refractivity contribution in [2.24, 2.45) is 4.99 Å². The van der Waals surface area contributed by atoms with Gasteiger partial charge in [-0.25, -0.2) is 13.2 Å². The maximum atomic E-state index is 11.3. The van der Waals surface area contributed by atoms with Crippen LogP contribution >= 0.6 is 0 Å². The standard InChI is InChI=1S/C6H8N2O4S/c1-2-7-6-8-3-4(5(9)10)13(6,11)12/h3H,2H2,1H3,(H,7,8)(H,9,10). The molecule has 13 heavy (non-hydrogen) atoms. The summed E-state index contributed by atoms with van der Waals surface area (Å²) in [5.41, 5.74) is 0.